The normalized spacial score (nSPS) is 30.5. The summed E-state index contributed by atoms with van der Waals surface area (Å²) in [5.74, 6) is -9.64. The molecule has 0 aliphatic heterocycles. The van der Waals surface area contributed by atoms with Crippen LogP contribution in [0.15, 0.2) is 30.3 Å². The number of nitrogens with zero attached hydrogens (tertiary/aromatic N) is 2. The molecular weight excluding hydrogens is 592 g/mol. The number of aromatic hydroxyl groups is 1. The largest absolute Gasteiger partial charge is 0.507 e. The van der Waals surface area contributed by atoms with Gasteiger partial charge in [0.2, 0.25) is 5.91 Å². The van der Waals surface area contributed by atoms with E-state index in [9.17, 15) is 34.3 Å². The maximum absolute atomic E-state index is 14.6. The number of rotatable bonds is 7. The number of nitrogens with two attached hydrogens (primary N) is 3. The van der Waals surface area contributed by atoms with Crippen molar-refractivity contribution in [2.45, 2.75) is 56.4 Å². The monoisotopic (exact) mass is 630 g/mol. The zero-order valence-electron chi connectivity index (χ0n) is 26.3. The summed E-state index contributed by atoms with van der Waals surface area (Å²) in [5, 5.41) is 24.9. The van der Waals surface area contributed by atoms with Gasteiger partial charge in [0, 0.05) is 23.7 Å². The third kappa shape index (κ3) is 4.39. The van der Waals surface area contributed by atoms with Gasteiger partial charge in [0.05, 0.1) is 30.3 Å². The van der Waals surface area contributed by atoms with E-state index in [1.165, 1.54) is 32.2 Å². The van der Waals surface area contributed by atoms with Crippen LogP contribution >= 0.6 is 0 Å². The number of hydrogen-bond donors (Lipinski definition) is 5. The van der Waals surface area contributed by atoms with Crippen molar-refractivity contribution in [3.63, 3.8) is 0 Å². The number of amides is 1. The maximum Gasteiger partial charge on any atom is 0.235 e. The van der Waals surface area contributed by atoms with Crippen LogP contribution < -0.4 is 27.3 Å². The van der Waals surface area contributed by atoms with Gasteiger partial charge < -0.3 is 32.4 Å². The minimum absolute atomic E-state index is 0.183. The lowest BCUT2D eigenvalue weighted by Crippen LogP contribution is -2.85. The SMILES string of the molecule is COc1ccc(CNC(C)C)cc1-c1ccc(O)c2c1C[C@@]1(N)C[C@@]3(N)[C@H](N(C)C)C(=O)C(C(N)=O)C(=O)[C@@]3(C#N)C(=O)C1C2=O. The molecule has 46 heavy (non-hydrogen) atoms. The Labute approximate surface area is 266 Å². The fraction of sp³-hybridized carbons (Fsp3) is 0.455. The van der Waals surface area contributed by atoms with Gasteiger partial charge in [-0.25, -0.2) is 0 Å². The molecule has 13 nitrogen and oxygen atoms in total. The summed E-state index contributed by atoms with van der Waals surface area (Å²) in [5.41, 5.74) is 14.7. The fourth-order valence-electron chi connectivity index (χ4n) is 7.86. The lowest BCUT2D eigenvalue weighted by molar-refractivity contribution is -0.166. The van der Waals surface area contributed by atoms with E-state index < -0.39 is 75.6 Å². The van der Waals surface area contributed by atoms with Crippen LogP contribution in [0.1, 0.15) is 41.8 Å². The van der Waals surface area contributed by atoms with Crippen LogP contribution in [-0.4, -0.2) is 83.4 Å². The molecule has 6 atom stereocenters. The van der Waals surface area contributed by atoms with E-state index >= 15 is 0 Å². The molecule has 2 saturated carbocycles. The first-order valence-electron chi connectivity index (χ1n) is 14.9. The molecule has 0 radical (unpaired) electrons. The van der Waals surface area contributed by atoms with Gasteiger partial charge in [0.15, 0.2) is 34.5 Å². The quantitative estimate of drug-likeness (QED) is 0.254. The highest BCUT2D eigenvalue weighted by Crippen LogP contribution is 2.57. The molecule has 1 amide bonds. The molecule has 13 heteroatoms. The molecule has 2 aromatic carbocycles. The number of methoxy groups -OCH3 is 1. The van der Waals surface area contributed by atoms with Crippen molar-refractivity contribution in [3.8, 4) is 28.7 Å². The molecule has 0 spiro atoms. The summed E-state index contributed by atoms with van der Waals surface area (Å²) >= 11 is 0. The fourth-order valence-corrected chi connectivity index (χ4v) is 7.86. The Morgan fingerprint density at radius 2 is 1.80 bits per heavy atom. The van der Waals surface area contributed by atoms with Crippen molar-refractivity contribution in [2.75, 3.05) is 21.2 Å². The number of carbonyl (C=O) groups is 5. The Morgan fingerprint density at radius 3 is 2.37 bits per heavy atom. The van der Waals surface area contributed by atoms with Gasteiger partial charge in [-0.3, -0.25) is 28.9 Å². The highest BCUT2D eigenvalue weighted by molar-refractivity contribution is 6.33. The number of ether oxygens (including phenoxy) is 1. The topological polar surface area (TPSA) is 232 Å². The summed E-state index contributed by atoms with van der Waals surface area (Å²) in [7, 11) is 4.41. The van der Waals surface area contributed by atoms with Gasteiger partial charge >= 0.3 is 0 Å². The number of fused-ring (bicyclic) bond motifs is 3. The number of nitriles is 1. The lowest BCUT2D eigenvalue weighted by atomic mass is 9.42. The first-order chi connectivity index (χ1) is 21.5. The average molecular weight is 631 g/mol. The van der Waals surface area contributed by atoms with Crippen LogP contribution in [0, 0.1) is 28.6 Å². The van der Waals surface area contributed by atoms with E-state index in [2.05, 4.69) is 5.32 Å². The molecule has 8 N–H and O–H groups in total. The van der Waals surface area contributed by atoms with E-state index in [1.807, 2.05) is 26.0 Å². The van der Waals surface area contributed by atoms with Gasteiger partial charge in [-0.1, -0.05) is 26.0 Å². The number of nitrogens with one attached hydrogen (secondary N) is 1. The molecule has 5 rings (SSSR count). The van der Waals surface area contributed by atoms with Crippen molar-refractivity contribution in [3.05, 3.63) is 47.0 Å². The molecule has 0 aromatic heterocycles. The Morgan fingerprint density at radius 1 is 1.13 bits per heavy atom. The summed E-state index contributed by atoms with van der Waals surface area (Å²) in [4.78, 5) is 70.2. The molecule has 3 aliphatic carbocycles. The van der Waals surface area contributed by atoms with Crippen LogP contribution in [0.2, 0.25) is 0 Å². The highest BCUT2D eigenvalue weighted by atomic mass is 16.5. The Bertz CT molecular complexity index is 1750. The predicted octanol–water partition coefficient (Wildman–Crippen LogP) is -0.0179. The predicted molar refractivity (Wildman–Crippen MR) is 165 cm³/mol. The van der Waals surface area contributed by atoms with Crippen LogP contribution in [0.3, 0.4) is 0 Å². The molecule has 2 fully saturated rings. The number of Topliss-reactive ketones (excluding diaryl/α,β-unsaturated/α-hetero) is 4. The standard InChI is InChI=1S/C33H38N6O7/c1-15(2)38-12-16-6-9-21(46-5)18(10-16)17-7-8-20(40)22-19(17)11-31(36)13-33(37)27(39(3)4)26(42)23(30(35)45)28(43)32(33,14-34)29(44)24(31)25(22)41/h6-10,15,23-24,27,38,40H,11-13,36-37H2,1-5H3,(H2,35,45)/t23?,24?,27-,31-,32+,33-/m1/s1. The summed E-state index contributed by atoms with van der Waals surface area (Å²) < 4.78 is 5.66. The molecule has 3 aliphatic rings. The number of likely N-dealkylation sites (N-methyl/N-ethyl adjacent to an activating group) is 1. The lowest BCUT2D eigenvalue weighted by Gasteiger charge is -2.60. The molecule has 0 saturated heterocycles. The Kier molecular flexibility index (Phi) is 7.94. The summed E-state index contributed by atoms with van der Waals surface area (Å²) in [6.45, 7) is 4.57. The number of primary amides is 1. The van der Waals surface area contributed by atoms with Crippen LogP contribution in [0.25, 0.3) is 11.1 Å². The Balaban J connectivity index is 1.74. The third-order valence-corrected chi connectivity index (χ3v) is 9.74. The van der Waals surface area contributed by atoms with Crippen molar-refractivity contribution < 1.29 is 33.8 Å². The van der Waals surface area contributed by atoms with Crippen LogP contribution in [-0.2, 0) is 32.1 Å². The van der Waals surface area contributed by atoms with Gasteiger partial charge in [-0.15, -0.1) is 0 Å². The zero-order chi connectivity index (χ0) is 34.1. The van der Waals surface area contributed by atoms with Gasteiger partial charge in [-0.05, 0) is 61.8 Å². The van der Waals surface area contributed by atoms with Crippen molar-refractivity contribution in [1.29, 1.82) is 5.26 Å². The maximum atomic E-state index is 14.6. The number of ketones is 4. The van der Waals surface area contributed by atoms with E-state index in [4.69, 9.17) is 21.9 Å². The van der Waals surface area contributed by atoms with Gasteiger partial charge in [0.1, 0.15) is 17.4 Å². The number of phenols is 1. The van der Waals surface area contributed by atoms with E-state index in [0.717, 1.165) is 5.56 Å². The van der Waals surface area contributed by atoms with Crippen molar-refractivity contribution >= 4 is 29.0 Å². The van der Waals surface area contributed by atoms with E-state index in [-0.39, 0.29) is 18.0 Å². The second-order valence-electron chi connectivity index (χ2n) is 13.2. The number of benzene rings is 2. The van der Waals surface area contributed by atoms with Crippen LogP contribution in [0.4, 0.5) is 0 Å². The highest BCUT2D eigenvalue weighted by Gasteiger charge is 2.78. The number of hydrogen-bond acceptors (Lipinski definition) is 12. The van der Waals surface area contributed by atoms with Crippen molar-refractivity contribution in [2.24, 2.45) is 34.5 Å². The number of carbonyl (C=O) groups excluding carboxylic acids is 5. The first kappa shape index (κ1) is 32.9. The first-order valence-corrected chi connectivity index (χ1v) is 14.9. The summed E-state index contributed by atoms with van der Waals surface area (Å²) in [6, 6.07) is 8.97. The second kappa shape index (κ2) is 11.1. The zero-order valence-corrected chi connectivity index (χ0v) is 26.3. The molecule has 2 aromatic rings. The minimum atomic E-state index is -2.80. The number of phenolic OH excluding ortho intramolecular Hbond substituents is 1. The third-order valence-electron chi connectivity index (χ3n) is 9.74. The molecular formula is C33H38N6O7. The van der Waals surface area contributed by atoms with E-state index in [0.29, 0.717) is 29.0 Å². The van der Waals surface area contributed by atoms with Gasteiger partial charge in [-0.2, -0.15) is 5.26 Å². The molecule has 0 heterocycles. The Hall–Kier alpha value is -4.48. The molecule has 0 bridgehead atoms. The van der Waals surface area contributed by atoms with E-state index in [1.54, 1.807) is 18.2 Å². The smallest absolute Gasteiger partial charge is 0.235 e. The van der Waals surface area contributed by atoms with Crippen molar-refractivity contribution in [1.82, 2.24) is 10.2 Å². The second-order valence-corrected chi connectivity index (χ2v) is 13.2. The molecule has 2 unspecified atom stereocenters. The minimum Gasteiger partial charge on any atom is -0.507 e. The van der Waals surface area contributed by atoms with Crippen LogP contribution in [0.5, 0.6) is 11.5 Å². The average Bonchev–Trinajstić information content (AvgIpc) is 2.95. The summed E-state index contributed by atoms with van der Waals surface area (Å²) in [6.07, 6.45) is -0.681. The van der Waals surface area contributed by atoms with Gasteiger partial charge in [0.25, 0.3) is 0 Å². The molecule has 242 valence electrons.